The standard InChI is InChI=1S/C14H10N2/c15-9-8-12(10-16)14-7-3-5-11-4-1-2-6-13(11)14/h1-7,12H,8H2. The van der Waals surface area contributed by atoms with Crippen LogP contribution in [0.25, 0.3) is 10.8 Å². The normalized spacial score (nSPS) is 11.6. The van der Waals surface area contributed by atoms with Gasteiger partial charge in [-0.15, -0.1) is 0 Å². The van der Waals surface area contributed by atoms with Crippen LogP contribution in [-0.4, -0.2) is 0 Å². The Kier molecular flexibility index (Phi) is 2.85. The fourth-order valence-corrected chi connectivity index (χ4v) is 1.87. The van der Waals surface area contributed by atoms with Crippen LogP contribution in [0.3, 0.4) is 0 Å². The molecule has 2 rings (SSSR count). The zero-order valence-corrected chi connectivity index (χ0v) is 8.72. The van der Waals surface area contributed by atoms with Gasteiger partial charge in [0.1, 0.15) is 0 Å². The molecule has 0 spiro atoms. The molecule has 0 saturated carbocycles. The highest BCUT2D eigenvalue weighted by atomic mass is 14.3. The number of nitrogens with zero attached hydrogens (tertiary/aromatic N) is 2. The van der Waals surface area contributed by atoms with Crippen molar-refractivity contribution in [3.05, 3.63) is 48.0 Å². The Morgan fingerprint density at radius 2 is 1.75 bits per heavy atom. The Bertz CT molecular complexity index is 582. The zero-order valence-electron chi connectivity index (χ0n) is 8.72. The van der Waals surface area contributed by atoms with Gasteiger partial charge < -0.3 is 0 Å². The highest BCUT2D eigenvalue weighted by Crippen LogP contribution is 2.27. The van der Waals surface area contributed by atoms with E-state index in [1.807, 2.05) is 42.5 Å². The molecule has 0 aliphatic rings. The summed E-state index contributed by atoms with van der Waals surface area (Å²) in [6.45, 7) is 0. The van der Waals surface area contributed by atoms with E-state index >= 15 is 0 Å². The highest BCUT2D eigenvalue weighted by molar-refractivity contribution is 5.86. The van der Waals surface area contributed by atoms with Crippen molar-refractivity contribution < 1.29 is 0 Å². The molecule has 1 atom stereocenters. The molecule has 0 saturated heterocycles. The first-order valence-corrected chi connectivity index (χ1v) is 5.11. The molecule has 0 fully saturated rings. The fourth-order valence-electron chi connectivity index (χ4n) is 1.87. The van der Waals surface area contributed by atoms with Crippen LogP contribution in [0.5, 0.6) is 0 Å². The van der Waals surface area contributed by atoms with Crippen LogP contribution < -0.4 is 0 Å². The van der Waals surface area contributed by atoms with Gasteiger partial charge in [-0.05, 0) is 16.3 Å². The molecule has 1 unspecified atom stereocenters. The van der Waals surface area contributed by atoms with Crippen molar-refractivity contribution in [3.8, 4) is 12.1 Å². The molecule has 0 heterocycles. The monoisotopic (exact) mass is 206 g/mol. The molecule has 76 valence electrons. The van der Waals surface area contributed by atoms with Crippen molar-refractivity contribution in [2.24, 2.45) is 0 Å². The van der Waals surface area contributed by atoms with Gasteiger partial charge in [0.25, 0.3) is 0 Å². The van der Waals surface area contributed by atoms with Crippen molar-refractivity contribution >= 4 is 10.8 Å². The summed E-state index contributed by atoms with van der Waals surface area (Å²) >= 11 is 0. The second-order valence-electron chi connectivity index (χ2n) is 3.61. The number of hydrogen-bond acceptors (Lipinski definition) is 2. The average molecular weight is 206 g/mol. The topological polar surface area (TPSA) is 47.6 Å². The van der Waals surface area contributed by atoms with Crippen molar-refractivity contribution in [1.29, 1.82) is 10.5 Å². The summed E-state index contributed by atoms with van der Waals surface area (Å²) < 4.78 is 0. The van der Waals surface area contributed by atoms with Gasteiger partial charge >= 0.3 is 0 Å². The lowest BCUT2D eigenvalue weighted by molar-refractivity contribution is 0.896. The Balaban J connectivity index is 2.61. The maximum atomic E-state index is 9.07. The van der Waals surface area contributed by atoms with Crippen molar-refractivity contribution in [3.63, 3.8) is 0 Å². The van der Waals surface area contributed by atoms with Crippen molar-refractivity contribution in [2.75, 3.05) is 0 Å². The van der Waals surface area contributed by atoms with E-state index in [4.69, 9.17) is 10.5 Å². The smallest absolute Gasteiger partial charge is 0.0848 e. The van der Waals surface area contributed by atoms with Gasteiger partial charge in [-0.3, -0.25) is 0 Å². The largest absolute Gasteiger partial charge is 0.198 e. The SMILES string of the molecule is N#CCC(C#N)c1cccc2ccccc12. The molecule has 0 aliphatic heterocycles. The Hall–Kier alpha value is -2.32. The fraction of sp³-hybridized carbons (Fsp3) is 0.143. The van der Waals surface area contributed by atoms with Gasteiger partial charge in [-0.1, -0.05) is 42.5 Å². The first-order chi connectivity index (χ1) is 7.86. The van der Waals surface area contributed by atoms with E-state index in [-0.39, 0.29) is 12.3 Å². The number of hydrogen-bond donors (Lipinski definition) is 0. The molecule has 0 bridgehead atoms. The van der Waals surface area contributed by atoms with Gasteiger partial charge in [-0.2, -0.15) is 10.5 Å². The first-order valence-electron chi connectivity index (χ1n) is 5.11. The molecule has 2 aromatic rings. The minimum atomic E-state index is -0.337. The van der Waals surface area contributed by atoms with Crippen LogP contribution in [0, 0.1) is 22.7 Å². The van der Waals surface area contributed by atoms with Crippen molar-refractivity contribution in [2.45, 2.75) is 12.3 Å². The second-order valence-corrected chi connectivity index (χ2v) is 3.61. The van der Waals surface area contributed by atoms with Crippen LogP contribution in [0.15, 0.2) is 42.5 Å². The first kappa shape index (κ1) is 10.2. The lowest BCUT2D eigenvalue weighted by Crippen LogP contribution is -1.95. The summed E-state index contributed by atoms with van der Waals surface area (Å²) in [5, 5.41) is 19.9. The van der Waals surface area contributed by atoms with E-state index in [0.29, 0.717) is 0 Å². The van der Waals surface area contributed by atoms with E-state index in [2.05, 4.69) is 12.1 Å². The third-order valence-corrected chi connectivity index (χ3v) is 2.65. The molecule has 0 radical (unpaired) electrons. The maximum Gasteiger partial charge on any atom is 0.0848 e. The Labute approximate surface area is 94.4 Å². The molecule has 2 heteroatoms. The maximum absolute atomic E-state index is 9.07. The van der Waals surface area contributed by atoms with Crippen LogP contribution >= 0.6 is 0 Å². The predicted octanol–water partition coefficient (Wildman–Crippen LogP) is 3.36. The van der Waals surface area contributed by atoms with Crippen LogP contribution in [0.1, 0.15) is 17.9 Å². The molecule has 0 aromatic heterocycles. The summed E-state index contributed by atoms with van der Waals surface area (Å²) in [7, 11) is 0. The number of rotatable bonds is 2. The molecule has 16 heavy (non-hydrogen) atoms. The van der Waals surface area contributed by atoms with E-state index in [9.17, 15) is 0 Å². The van der Waals surface area contributed by atoms with E-state index in [1.54, 1.807) is 0 Å². The number of benzene rings is 2. The van der Waals surface area contributed by atoms with Gasteiger partial charge in [0.2, 0.25) is 0 Å². The lowest BCUT2D eigenvalue weighted by atomic mass is 9.92. The number of nitriles is 2. The predicted molar refractivity (Wildman–Crippen MR) is 62.5 cm³/mol. The van der Waals surface area contributed by atoms with E-state index in [0.717, 1.165) is 16.3 Å². The summed E-state index contributed by atoms with van der Waals surface area (Å²) in [6.07, 6.45) is 0.241. The van der Waals surface area contributed by atoms with Gasteiger partial charge in [0.05, 0.1) is 24.5 Å². The Morgan fingerprint density at radius 3 is 2.50 bits per heavy atom. The molecule has 2 nitrogen and oxygen atoms in total. The van der Waals surface area contributed by atoms with Gasteiger partial charge in [0, 0.05) is 0 Å². The highest BCUT2D eigenvalue weighted by Gasteiger charge is 2.12. The van der Waals surface area contributed by atoms with Gasteiger partial charge in [0.15, 0.2) is 0 Å². The molecule has 0 aliphatic carbocycles. The molecule has 2 aromatic carbocycles. The second kappa shape index (κ2) is 4.47. The lowest BCUT2D eigenvalue weighted by Gasteiger charge is -2.09. The molecular weight excluding hydrogens is 196 g/mol. The average Bonchev–Trinajstić information content (AvgIpc) is 2.35. The summed E-state index contributed by atoms with van der Waals surface area (Å²) in [5.41, 5.74) is 0.946. The van der Waals surface area contributed by atoms with Crippen LogP contribution in [0.4, 0.5) is 0 Å². The minimum absolute atomic E-state index is 0.241. The van der Waals surface area contributed by atoms with Crippen LogP contribution in [0.2, 0.25) is 0 Å². The quantitative estimate of drug-likeness (QED) is 0.756. The van der Waals surface area contributed by atoms with Gasteiger partial charge in [-0.25, -0.2) is 0 Å². The van der Waals surface area contributed by atoms with E-state index < -0.39 is 0 Å². The van der Waals surface area contributed by atoms with E-state index in [1.165, 1.54) is 0 Å². The minimum Gasteiger partial charge on any atom is -0.198 e. The van der Waals surface area contributed by atoms with Crippen LogP contribution in [-0.2, 0) is 0 Å². The third kappa shape index (κ3) is 1.74. The Morgan fingerprint density at radius 1 is 1.00 bits per heavy atom. The summed E-state index contributed by atoms with van der Waals surface area (Å²) in [5.74, 6) is -0.337. The summed E-state index contributed by atoms with van der Waals surface area (Å²) in [6, 6.07) is 18.0. The third-order valence-electron chi connectivity index (χ3n) is 2.65. The molecule has 0 N–H and O–H groups in total. The van der Waals surface area contributed by atoms with Crippen molar-refractivity contribution in [1.82, 2.24) is 0 Å². The summed E-state index contributed by atoms with van der Waals surface area (Å²) in [4.78, 5) is 0. The number of fused-ring (bicyclic) bond motifs is 1. The molecule has 0 amide bonds. The zero-order chi connectivity index (χ0) is 11.4. The molecular formula is C14H10N2.